The zero-order valence-electron chi connectivity index (χ0n) is 16.3. The molecule has 0 aliphatic carbocycles. The van der Waals surface area contributed by atoms with Gasteiger partial charge in [-0.1, -0.05) is 0 Å². The van der Waals surface area contributed by atoms with Crippen molar-refractivity contribution in [1.82, 2.24) is 19.7 Å². The fourth-order valence-electron chi connectivity index (χ4n) is 3.43. The summed E-state index contributed by atoms with van der Waals surface area (Å²) >= 11 is 1.65. The second kappa shape index (κ2) is 6.54. The highest BCUT2D eigenvalue weighted by atomic mass is 32.1. The Labute approximate surface area is 162 Å². The first-order valence-electron chi connectivity index (χ1n) is 9.15. The topological polar surface area (TPSA) is 85.1 Å². The molecule has 1 aliphatic heterocycles. The van der Waals surface area contributed by atoms with Crippen molar-refractivity contribution in [3.63, 3.8) is 0 Å². The Hall–Kier alpha value is -2.03. The van der Waals surface area contributed by atoms with Crippen LogP contribution in [0.2, 0.25) is 0 Å². The minimum atomic E-state index is -0.471. The van der Waals surface area contributed by atoms with Crippen molar-refractivity contribution in [2.45, 2.75) is 59.4 Å². The van der Waals surface area contributed by atoms with Crippen LogP contribution < -0.4 is 5.32 Å². The average molecular weight is 388 g/mol. The van der Waals surface area contributed by atoms with Crippen molar-refractivity contribution >= 4 is 27.4 Å². The van der Waals surface area contributed by atoms with Gasteiger partial charge in [0, 0.05) is 23.5 Å². The van der Waals surface area contributed by atoms with Crippen molar-refractivity contribution in [1.29, 1.82) is 0 Å². The lowest BCUT2D eigenvalue weighted by Gasteiger charge is -2.30. The normalized spacial score (nSPS) is 17.1. The number of hydrogen-bond acceptors (Lipinski definition) is 7. The van der Waals surface area contributed by atoms with Gasteiger partial charge in [-0.05, 0) is 46.2 Å². The number of aliphatic hydroxyl groups excluding tert-OH is 1. The number of fused-ring (bicyclic) bond motifs is 3. The van der Waals surface area contributed by atoms with E-state index in [4.69, 9.17) is 14.7 Å². The summed E-state index contributed by atoms with van der Waals surface area (Å²) in [4.78, 5) is 11.7. The van der Waals surface area contributed by atoms with E-state index in [2.05, 4.69) is 24.3 Å². The van der Waals surface area contributed by atoms with Crippen molar-refractivity contribution in [3.8, 4) is 5.95 Å². The molecular formula is C19H25N5O2S. The largest absolute Gasteiger partial charge is 0.392 e. The minimum Gasteiger partial charge on any atom is -0.392 e. The van der Waals surface area contributed by atoms with E-state index < -0.39 is 6.10 Å². The molecular weight excluding hydrogens is 362 g/mol. The quantitative estimate of drug-likeness (QED) is 0.715. The first-order chi connectivity index (χ1) is 12.7. The Morgan fingerprint density at radius 3 is 2.81 bits per heavy atom. The molecule has 4 heterocycles. The molecule has 0 bridgehead atoms. The maximum atomic E-state index is 9.75. The maximum Gasteiger partial charge on any atom is 0.254 e. The van der Waals surface area contributed by atoms with E-state index in [9.17, 15) is 5.11 Å². The van der Waals surface area contributed by atoms with Crippen LogP contribution in [0.15, 0.2) is 6.07 Å². The van der Waals surface area contributed by atoms with E-state index in [1.165, 1.54) is 10.4 Å². The highest BCUT2D eigenvalue weighted by molar-refractivity contribution is 7.19. The van der Waals surface area contributed by atoms with Gasteiger partial charge in [0.1, 0.15) is 10.6 Å². The summed E-state index contributed by atoms with van der Waals surface area (Å²) in [7, 11) is 0. The highest BCUT2D eigenvalue weighted by Crippen LogP contribution is 2.41. The average Bonchev–Trinajstić information content (AvgIpc) is 3.10. The van der Waals surface area contributed by atoms with Crippen LogP contribution in [-0.2, 0) is 17.8 Å². The van der Waals surface area contributed by atoms with Gasteiger partial charge in [0.25, 0.3) is 5.95 Å². The molecule has 0 saturated carbocycles. The van der Waals surface area contributed by atoms with Crippen LogP contribution in [0.5, 0.6) is 0 Å². The summed E-state index contributed by atoms with van der Waals surface area (Å²) in [6, 6.07) is 2.01. The summed E-state index contributed by atoms with van der Waals surface area (Å²) < 4.78 is 7.75. The SMILES string of the molecule is Cc1cc(C)n(-c2nc(NC[C@@H](C)O)c3c4c(sc3n2)COC(C)(C)C4)n1. The van der Waals surface area contributed by atoms with E-state index >= 15 is 0 Å². The van der Waals surface area contributed by atoms with Gasteiger partial charge < -0.3 is 15.2 Å². The summed E-state index contributed by atoms with van der Waals surface area (Å²) in [5.41, 5.74) is 2.95. The van der Waals surface area contributed by atoms with Gasteiger partial charge in [-0.2, -0.15) is 15.1 Å². The fourth-order valence-corrected chi connectivity index (χ4v) is 4.53. The number of aromatic nitrogens is 4. The Balaban J connectivity index is 1.90. The lowest BCUT2D eigenvalue weighted by Crippen LogP contribution is -2.31. The molecule has 2 N–H and O–H groups in total. The number of aliphatic hydroxyl groups is 1. The molecule has 0 saturated heterocycles. The Morgan fingerprint density at radius 2 is 2.15 bits per heavy atom. The molecule has 27 heavy (non-hydrogen) atoms. The molecule has 4 rings (SSSR count). The van der Waals surface area contributed by atoms with Crippen molar-refractivity contribution < 1.29 is 9.84 Å². The van der Waals surface area contributed by atoms with Crippen LogP contribution in [0.3, 0.4) is 0 Å². The smallest absolute Gasteiger partial charge is 0.254 e. The van der Waals surface area contributed by atoms with Gasteiger partial charge in [0.05, 0.1) is 29.4 Å². The number of aryl methyl sites for hydroxylation is 2. The number of rotatable bonds is 4. The number of anilines is 1. The Kier molecular flexibility index (Phi) is 4.44. The summed E-state index contributed by atoms with van der Waals surface area (Å²) in [5, 5.41) is 18.6. The standard InChI is InChI=1S/C19H25N5O2S/c1-10-6-11(2)24(23-10)18-21-16(20-8-12(3)25)15-13-7-19(4,5)26-9-14(13)27-17(15)22-18/h6,12,25H,7-9H2,1-5H3,(H,20,21,22)/t12-/m1/s1. The van der Waals surface area contributed by atoms with Gasteiger partial charge >= 0.3 is 0 Å². The third kappa shape index (κ3) is 3.44. The van der Waals surface area contributed by atoms with Crippen LogP contribution in [0.4, 0.5) is 5.82 Å². The lowest BCUT2D eigenvalue weighted by atomic mass is 9.94. The summed E-state index contributed by atoms with van der Waals surface area (Å²) in [5.74, 6) is 1.29. The molecule has 144 valence electrons. The molecule has 8 heteroatoms. The van der Waals surface area contributed by atoms with Gasteiger partial charge in [0.2, 0.25) is 0 Å². The van der Waals surface area contributed by atoms with E-state index in [-0.39, 0.29) is 5.60 Å². The third-order valence-corrected chi connectivity index (χ3v) is 5.78. The minimum absolute atomic E-state index is 0.211. The monoisotopic (exact) mass is 387 g/mol. The first kappa shape index (κ1) is 18.3. The van der Waals surface area contributed by atoms with Gasteiger partial charge in [-0.15, -0.1) is 11.3 Å². The highest BCUT2D eigenvalue weighted by Gasteiger charge is 2.31. The van der Waals surface area contributed by atoms with E-state index in [1.807, 2.05) is 19.9 Å². The number of thiophene rings is 1. The third-order valence-electron chi connectivity index (χ3n) is 4.68. The van der Waals surface area contributed by atoms with E-state index in [0.29, 0.717) is 19.1 Å². The van der Waals surface area contributed by atoms with Crippen LogP contribution >= 0.6 is 11.3 Å². The zero-order chi connectivity index (χ0) is 19.3. The number of nitrogens with one attached hydrogen (secondary N) is 1. The molecule has 3 aromatic heterocycles. The second-order valence-corrected chi connectivity index (χ2v) is 8.93. The molecule has 1 atom stereocenters. The Morgan fingerprint density at radius 1 is 1.37 bits per heavy atom. The second-order valence-electron chi connectivity index (χ2n) is 7.85. The predicted octanol–water partition coefficient (Wildman–Crippen LogP) is 3.14. The van der Waals surface area contributed by atoms with Crippen molar-refractivity contribution in [2.75, 3.05) is 11.9 Å². The molecule has 0 fully saturated rings. The lowest BCUT2D eigenvalue weighted by molar-refractivity contribution is -0.0379. The zero-order valence-corrected chi connectivity index (χ0v) is 17.1. The molecule has 0 unspecified atom stereocenters. The van der Waals surface area contributed by atoms with Crippen molar-refractivity contribution in [3.05, 3.63) is 27.9 Å². The molecule has 1 aliphatic rings. The summed E-state index contributed by atoms with van der Waals surface area (Å²) in [6.45, 7) is 10.9. The van der Waals surface area contributed by atoms with Gasteiger partial charge in [-0.3, -0.25) is 0 Å². The molecule has 0 spiro atoms. The van der Waals surface area contributed by atoms with Gasteiger partial charge in [-0.25, -0.2) is 4.68 Å². The molecule has 0 aromatic carbocycles. The van der Waals surface area contributed by atoms with Crippen molar-refractivity contribution in [2.24, 2.45) is 0 Å². The van der Waals surface area contributed by atoms with Crippen LogP contribution in [0.25, 0.3) is 16.2 Å². The number of hydrogen-bond donors (Lipinski definition) is 2. The Bertz CT molecular complexity index is 1010. The number of nitrogens with zero attached hydrogens (tertiary/aromatic N) is 4. The molecule has 7 nitrogen and oxygen atoms in total. The van der Waals surface area contributed by atoms with Crippen LogP contribution in [0.1, 0.15) is 42.6 Å². The fraction of sp³-hybridized carbons (Fsp3) is 0.526. The molecule has 0 radical (unpaired) electrons. The van der Waals surface area contributed by atoms with Gasteiger partial charge in [0.15, 0.2) is 0 Å². The predicted molar refractivity (Wildman–Crippen MR) is 107 cm³/mol. The molecule has 3 aromatic rings. The number of ether oxygens (including phenoxy) is 1. The molecule has 0 amide bonds. The first-order valence-corrected chi connectivity index (χ1v) is 9.97. The van der Waals surface area contributed by atoms with E-state index in [1.54, 1.807) is 22.9 Å². The van der Waals surface area contributed by atoms with Crippen LogP contribution in [0, 0.1) is 13.8 Å². The summed E-state index contributed by atoms with van der Waals surface area (Å²) in [6.07, 6.45) is 0.343. The van der Waals surface area contributed by atoms with Crippen LogP contribution in [-0.4, -0.2) is 43.1 Å². The van der Waals surface area contributed by atoms with E-state index in [0.717, 1.165) is 33.8 Å². The maximum absolute atomic E-state index is 9.75.